The molecular formula is C45H27N3S2. The Hall–Kier alpha value is -6.01. The van der Waals surface area contributed by atoms with Crippen LogP contribution in [0.25, 0.3) is 96.8 Å². The van der Waals surface area contributed by atoms with E-state index in [-0.39, 0.29) is 0 Å². The number of nitrogens with zero attached hydrogens (tertiary/aromatic N) is 3. The second-order valence-electron chi connectivity index (χ2n) is 12.3. The van der Waals surface area contributed by atoms with E-state index < -0.39 is 0 Å². The predicted octanol–water partition coefficient (Wildman–Crippen LogP) is 12.9. The molecule has 0 saturated heterocycles. The molecule has 0 aliphatic heterocycles. The lowest BCUT2D eigenvalue weighted by Crippen LogP contribution is -2.01. The summed E-state index contributed by atoms with van der Waals surface area (Å²) in [6.45, 7) is 0. The first-order chi connectivity index (χ1) is 24.8. The maximum absolute atomic E-state index is 5.33. The molecule has 0 saturated carbocycles. The van der Waals surface area contributed by atoms with Gasteiger partial charge in [-0.3, -0.25) is 0 Å². The van der Waals surface area contributed by atoms with Crippen LogP contribution in [0.15, 0.2) is 164 Å². The van der Waals surface area contributed by atoms with Gasteiger partial charge in [0.15, 0.2) is 17.5 Å². The van der Waals surface area contributed by atoms with Crippen molar-refractivity contribution in [2.75, 3.05) is 0 Å². The van der Waals surface area contributed by atoms with Gasteiger partial charge < -0.3 is 0 Å². The molecule has 0 fully saturated rings. The van der Waals surface area contributed by atoms with Gasteiger partial charge in [0.1, 0.15) is 0 Å². The average Bonchev–Trinajstić information content (AvgIpc) is 3.77. The van der Waals surface area contributed by atoms with Gasteiger partial charge in [-0.05, 0) is 46.5 Å². The van der Waals surface area contributed by atoms with Gasteiger partial charge in [0.2, 0.25) is 0 Å². The Morgan fingerprint density at radius 3 is 1.56 bits per heavy atom. The highest BCUT2D eigenvalue weighted by Gasteiger charge is 2.21. The van der Waals surface area contributed by atoms with E-state index in [1.807, 2.05) is 0 Å². The van der Waals surface area contributed by atoms with Crippen molar-refractivity contribution >= 4 is 63.0 Å². The van der Waals surface area contributed by atoms with Gasteiger partial charge in [0.25, 0.3) is 0 Å². The van der Waals surface area contributed by atoms with E-state index in [2.05, 4.69) is 164 Å². The third-order valence-corrected chi connectivity index (χ3v) is 11.7. The molecule has 0 bridgehead atoms. The third-order valence-electron chi connectivity index (χ3n) is 9.39. The molecule has 7 aromatic carbocycles. The van der Waals surface area contributed by atoms with Crippen molar-refractivity contribution in [3.8, 4) is 56.4 Å². The molecule has 0 aliphatic rings. The minimum absolute atomic E-state index is 0.651. The minimum Gasteiger partial charge on any atom is -0.208 e. The van der Waals surface area contributed by atoms with Crippen molar-refractivity contribution < 1.29 is 0 Å². The van der Waals surface area contributed by atoms with Gasteiger partial charge in [-0.2, -0.15) is 0 Å². The smallest absolute Gasteiger partial charge is 0.165 e. The van der Waals surface area contributed by atoms with Gasteiger partial charge >= 0.3 is 0 Å². The largest absolute Gasteiger partial charge is 0.208 e. The molecule has 0 N–H and O–H groups in total. The molecule has 0 amide bonds. The van der Waals surface area contributed by atoms with Crippen LogP contribution in [0.1, 0.15) is 0 Å². The molecule has 5 heteroatoms. The van der Waals surface area contributed by atoms with Gasteiger partial charge in [0.05, 0.1) is 0 Å². The lowest BCUT2D eigenvalue weighted by molar-refractivity contribution is 1.08. The number of aromatic nitrogens is 3. The molecule has 3 heterocycles. The summed E-state index contributed by atoms with van der Waals surface area (Å²) in [6.07, 6.45) is 0. The Labute approximate surface area is 296 Å². The highest BCUT2D eigenvalue weighted by Crippen LogP contribution is 2.43. The van der Waals surface area contributed by atoms with Crippen LogP contribution < -0.4 is 0 Å². The molecule has 10 rings (SSSR count). The summed E-state index contributed by atoms with van der Waals surface area (Å²) in [7, 11) is 0. The maximum Gasteiger partial charge on any atom is 0.165 e. The zero-order valence-electron chi connectivity index (χ0n) is 26.7. The first-order valence-corrected chi connectivity index (χ1v) is 18.2. The van der Waals surface area contributed by atoms with Gasteiger partial charge in [-0.1, -0.05) is 140 Å². The molecule has 10 aromatic rings. The molecule has 0 unspecified atom stereocenters. The summed E-state index contributed by atoms with van der Waals surface area (Å²) in [6, 6.07) is 57.8. The Balaban J connectivity index is 1.26. The number of thiophene rings is 2. The van der Waals surface area contributed by atoms with Crippen LogP contribution in [0.2, 0.25) is 0 Å². The summed E-state index contributed by atoms with van der Waals surface area (Å²) in [5, 5.41) is 4.87. The van der Waals surface area contributed by atoms with Crippen LogP contribution in [0, 0.1) is 0 Å². The normalized spacial score (nSPS) is 11.6. The number of rotatable bonds is 5. The van der Waals surface area contributed by atoms with Crippen LogP contribution in [0.3, 0.4) is 0 Å². The molecule has 50 heavy (non-hydrogen) atoms. The summed E-state index contributed by atoms with van der Waals surface area (Å²) in [5.41, 5.74) is 7.53. The molecule has 3 nitrogen and oxygen atoms in total. The van der Waals surface area contributed by atoms with E-state index in [9.17, 15) is 0 Å². The van der Waals surface area contributed by atoms with Crippen LogP contribution in [-0.2, 0) is 0 Å². The van der Waals surface area contributed by atoms with Crippen LogP contribution in [0.5, 0.6) is 0 Å². The quantitative estimate of drug-likeness (QED) is 0.182. The van der Waals surface area contributed by atoms with E-state index in [4.69, 9.17) is 15.0 Å². The summed E-state index contributed by atoms with van der Waals surface area (Å²) < 4.78 is 4.90. The van der Waals surface area contributed by atoms with Crippen molar-refractivity contribution in [2.24, 2.45) is 0 Å². The van der Waals surface area contributed by atoms with Gasteiger partial charge in [-0.25, -0.2) is 15.0 Å². The first-order valence-electron chi connectivity index (χ1n) is 16.6. The molecule has 0 spiro atoms. The fourth-order valence-electron chi connectivity index (χ4n) is 7.12. The molecular weight excluding hydrogens is 647 g/mol. The van der Waals surface area contributed by atoms with E-state index in [1.165, 1.54) is 51.5 Å². The van der Waals surface area contributed by atoms with Crippen LogP contribution in [0.4, 0.5) is 0 Å². The topological polar surface area (TPSA) is 38.7 Å². The number of benzene rings is 7. The van der Waals surface area contributed by atoms with Crippen LogP contribution in [-0.4, -0.2) is 15.0 Å². The number of hydrogen-bond donors (Lipinski definition) is 0. The second kappa shape index (κ2) is 11.8. The zero-order chi connectivity index (χ0) is 33.0. The molecule has 0 radical (unpaired) electrons. The molecule has 3 aromatic heterocycles. The minimum atomic E-state index is 0.651. The highest BCUT2D eigenvalue weighted by molar-refractivity contribution is 7.26. The Bertz CT molecular complexity index is 2890. The highest BCUT2D eigenvalue weighted by atomic mass is 32.1. The maximum atomic E-state index is 5.33. The summed E-state index contributed by atoms with van der Waals surface area (Å²) >= 11 is 3.60. The standard InChI is InChI=1S/C45H27N3S2/c1-2-14-28(15-3-1)29-16-4-5-17-30(29)31-18-6-7-20-34(31)43-46-44(36-23-13-27-40-41(36)35-21-9-11-26-39(35)49-40)48-45(47-43)37-24-12-22-33-32-19-8-10-25-38(32)50-42(33)37/h1-27H. The zero-order valence-corrected chi connectivity index (χ0v) is 28.4. The van der Waals surface area contributed by atoms with E-state index in [1.54, 1.807) is 22.7 Å². The van der Waals surface area contributed by atoms with Crippen molar-refractivity contribution in [3.63, 3.8) is 0 Å². The van der Waals surface area contributed by atoms with Crippen molar-refractivity contribution in [1.29, 1.82) is 0 Å². The fraction of sp³-hybridized carbons (Fsp3) is 0. The van der Waals surface area contributed by atoms with Crippen LogP contribution >= 0.6 is 22.7 Å². The van der Waals surface area contributed by atoms with Crippen molar-refractivity contribution in [1.82, 2.24) is 15.0 Å². The van der Waals surface area contributed by atoms with E-state index in [0.717, 1.165) is 27.8 Å². The fourth-order valence-corrected chi connectivity index (χ4v) is 9.47. The first kappa shape index (κ1) is 29.0. The van der Waals surface area contributed by atoms with Crippen molar-refractivity contribution in [3.05, 3.63) is 164 Å². The molecule has 0 aliphatic carbocycles. The predicted molar refractivity (Wildman–Crippen MR) is 213 cm³/mol. The molecule has 234 valence electrons. The summed E-state index contributed by atoms with van der Waals surface area (Å²) in [4.78, 5) is 16.0. The third kappa shape index (κ3) is 4.74. The molecule has 0 atom stereocenters. The van der Waals surface area contributed by atoms with E-state index >= 15 is 0 Å². The van der Waals surface area contributed by atoms with Crippen molar-refractivity contribution in [2.45, 2.75) is 0 Å². The monoisotopic (exact) mass is 673 g/mol. The SMILES string of the molecule is c1ccc(-c2ccccc2-c2ccccc2-c2nc(-c3cccc4c3sc3ccccc34)nc(-c3cccc4sc5ccccc5c34)n2)cc1. The summed E-state index contributed by atoms with van der Waals surface area (Å²) in [5.74, 6) is 1.99. The Morgan fingerprint density at radius 1 is 0.300 bits per heavy atom. The Morgan fingerprint density at radius 2 is 0.780 bits per heavy atom. The lowest BCUT2D eigenvalue weighted by atomic mass is 9.91. The average molecular weight is 674 g/mol. The lowest BCUT2D eigenvalue weighted by Gasteiger charge is -2.15. The number of hydrogen-bond acceptors (Lipinski definition) is 5. The number of fused-ring (bicyclic) bond motifs is 6. The Kier molecular flexibility index (Phi) is 6.86. The van der Waals surface area contributed by atoms with Gasteiger partial charge in [-0.15, -0.1) is 22.7 Å². The van der Waals surface area contributed by atoms with Gasteiger partial charge in [0, 0.05) is 57.0 Å². The van der Waals surface area contributed by atoms with E-state index in [0.29, 0.717) is 17.5 Å². The second-order valence-corrected chi connectivity index (χ2v) is 14.5.